The summed E-state index contributed by atoms with van der Waals surface area (Å²) in [5.74, 6) is 3.21. The van der Waals surface area contributed by atoms with Crippen molar-refractivity contribution < 1.29 is 21.9 Å². The molecular weight excluding hydrogens is 462 g/mol. The lowest BCUT2D eigenvalue weighted by atomic mass is 10.1. The minimum atomic E-state index is -4.16. The summed E-state index contributed by atoms with van der Waals surface area (Å²) in [6.45, 7) is 0. The number of pyridine rings is 1. The number of H-pyrrole nitrogens is 1. The van der Waals surface area contributed by atoms with Crippen LogP contribution in [0, 0.1) is 23.5 Å². The van der Waals surface area contributed by atoms with Gasteiger partial charge in [-0.3, -0.25) is 9.82 Å². The van der Waals surface area contributed by atoms with E-state index >= 15 is 0 Å². The van der Waals surface area contributed by atoms with E-state index in [1.54, 1.807) is 6.07 Å². The molecule has 0 unspecified atom stereocenters. The fourth-order valence-electron chi connectivity index (χ4n) is 2.82. The molecule has 32 heavy (non-hydrogen) atoms. The second-order valence-corrected chi connectivity index (χ2v) is 8.57. The van der Waals surface area contributed by atoms with E-state index in [1.807, 2.05) is 0 Å². The minimum Gasteiger partial charge on any atom is -0.479 e. The van der Waals surface area contributed by atoms with E-state index in [-0.39, 0.29) is 9.92 Å². The number of hydrogen-bond acceptors (Lipinski definition) is 5. The molecule has 0 saturated carbocycles. The van der Waals surface area contributed by atoms with E-state index in [2.05, 4.69) is 31.7 Å². The van der Waals surface area contributed by atoms with Gasteiger partial charge >= 0.3 is 0 Å². The first-order valence-corrected chi connectivity index (χ1v) is 10.8. The van der Waals surface area contributed by atoms with Gasteiger partial charge in [0, 0.05) is 16.8 Å². The first-order chi connectivity index (χ1) is 15.3. The molecule has 0 aliphatic carbocycles. The van der Waals surface area contributed by atoms with Crippen molar-refractivity contribution in [3.05, 3.63) is 76.4 Å². The van der Waals surface area contributed by atoms with Crippen molar-refractivity contribution in [1.29, 1.82) is 0 Å². The zero-order valence-electron chi connectivity index (χ0n) is 16.3. The quantitative estimate of drug-likeness (QED) is 0.434. The summed E-state index contributed by atoms with van der Waals surface area (Å²) in [4.78, 5) is 3.95. The molecule has 4 aromatic rings. The maximum atomic E-state index is 14.9. The highest BCUT2D eigenvalue weighted by Gasteiger charge is 2.19. The lowest BCUT2D eigenvalue weighted by Gasteiger charge is -2.10. The molecule has 162 valence electrons. The fourth-order valence-corrected chi connectivity index (χ4v) is 4.18. The number of hydrogen-bond donors (Lipinski definition) is 2. The molecule has 0 spiro atoms. The van der Waals surface area contributed by atoms with E-state index < -0.39 is 32.9 Å². The van der Waals surface area contributed by atoms with Crippen molar-refractivity contribution in [2.75, 3.05) is 11.8 Å². The van der Waals surface area contributed by atoms with Crippen LogP contribution in [0.4, 0.5) is 14.5 Å². The molecule has 2 heterocycles. The Morgan fingerprint density at radius 2 is 1.97 bits per heavy atom. The van der Waals surface area contributed by atoms with Gasteiger partial charge in [0.1, 0.15) is 5.82 Å². The van der Waals surface area contributed by atoms with Gasteiger partial charge in [0.25, 0.3) is 10.0 Å². The number of nitrogens with zero attached hydrogens (tertiary/aromatic N) is 2. The summed E-state index contributed by atoms with van der Waals surface area (Å²) in [5, 5.41) is 7.34. The largest absolute Gasteiger partial charge is 0.479 e. The van der Waals surface area contributed by atoms with E-state index in [4.69, 9.17) is 16.3 Å². The third-order valence-electron chi connectivity index (χ3n) is 4.35. The zero-order valence-corrected chi connectivity index (χ0v) is 17.9. The van der Waals surface area contributed by atoms with Crippen LogP contribution >= 0.6 is 11.6 Å². The number of sulfonamides is 1. The van der Waals surface area contributed by atoms with E-state index in [9.17, 15) is 17.2 Å². The monoisotopic (exact) mass is 474 g/mol. The van der Waals surface area contributed by atoms with Crippen molar-refractivity contribution >= 4 is 38.3 Å². The van der Waals surface area contributed by atoms with Crippen LogP contribution in [0.15, 0.2) is 53.6 Å². The Hall–Kier alpha value is -3.68. The minimum absolute atomic E-state index is 0.171. The molecule has 0 bridgehead atoms. The molecule has 2 aromatic carbocycles. The maximum Gasteiger partial charge on any atom is 0.262 e. The molecule has 11 heteroatoms. The predicted molar refractivity (Wildman–Crippen MR) is 115 cm³/mol. The van der Waals surface area contributed by atoms with Crippen LogP contribution in [0.2, 0.25) is 5.02 Å². The first kappa shape index (κ1) is 21.5. The number of rotatable bonds is 4. The van der Waals surface area contributed by atoms with Gasteiger partial charge in [-0.2, -0.15) is 0 Å². The molecule has 2 N–H and O–H groups in total. The third-order valence-corrected chi connectivity index (χ3v) is 5.95. The molecule has 0 saturated heterocycles. The Labute approximate surface area is 186 Å². The standard InChI is InChI=1S/C21H13ClF2N4O3S/c1-31-21-16-9-12(11-25-20(16)26-27-21)5-6-15-17(23)7-8-18(19(15)24)28-32(29,30)14-4-2-3-13(22)10-14/h2-4,7-11,28H,1H3,(H,25,26,27). The Balaban J connectivity index is 1.69. The average Bonchev–Trinajstić information content (AvgIpc) is 3.18. The summed E-state index contributed by atoms with van der Waals surface area (Å²) in [6, 6.07) is 8.93. The number of halogens is 3. The van der Waals surface area contributed by atoms with Gasteiger partial charge in [0.2, 0.25) is 5.88 Å². The summed E-state index contributed by atoms with van der Waals surface area (Å²) in [7, 11) is -2.72. The number of methoxy groups -OCH3 is 1. The highest BCUT2D eigenvalue weighted by Crippen LogP contribution is 2.25. The molecule has 0 amide bonds. The van der Waals surface area contributed by atoms with Crippen molar-refractivity contribution in [3.8, 4) is 17.7 Å². The Morgan fingerprint density at radius 3 is 2.72 bits per heavy atom. The zero-order chi connectivity index (χ0) is 22.9. The first-order valence-electron chi connectivity index (χ1n) is 8.95. The van der Waals surface area contributed by atoms with E-state index in [0.717, 1.165) is 12.1 Å². The molecular formula is C21H13ClF2N4O3S. The fraction of sp³-hybridized carbons (Fsp3) is 0.0476. The van der Waals surface area contributed by atoms with Crippen LogP contribution in [0.3, 0.4) is 0 Å². The van der Waals surface area contributed by atoms with Crippen LogP contribution in [0.1, 0.15) is 11.1 Å². The van der Waals surface area contributed by atoms with Crippen LogP contribution in [0.5, 0.6) is 5.88 Å². The number of nitrogens with one attached hydrogen (secondary N) is 2. The van der Waals surface area contributed by atoms with Gasteiger partial charge in [-0.25, -0.2) is 22.2 Å². The highest BCUT2D eigenvalue weighted by atomic mass is 35.5. The number of fused-ring (bicyclic) bond motifs is 1. The van der Waals surface area contributed by atoms with Gasteiger partial charge in [-0.05, 0) is 36.4 Å². The number of aromatic nitrogens is 3. The Morgan fingerprint density at radius 1 is 1.16 bits per heavy atom. The van der Waals surface area contributed by atoms with Crippen molar-refractivity contribution in [2.24, 2.45) is 0 Å². The topological polar surface area (TPSA) is 97.0 Å². The van der Waals surface area contributed by atoms with Crippen LogP contribution < -0.4 is 9.46 Å². The molecule has 0 atom stereocenters. The molecule has 7 nitrogen and oxygen atoms in total. The Kier molecular flexibility index (Phi) is 5.69. The lowest BCUT2D eigenvalue weighted by Crippen LogP contribution is -2.14. The summed E-state index contributed by atoms with van der Waals surface area (Å²) in [6.07, 6.45) is 1.40. The summed E-state index contributed by atoms with van der Waals surface area (Å²) in [5.41, 5.74) is -0.251. The molecule has 0 aliphatic rings. The smallest absolute Gasteiger partial charge is 0.262 e. The molecule has 0 fully saturated rings. The number of anilines is 1. The van der Waals surface area contributed by atoms with Gasteiger partial charge in [-0.15, -0.1) is 5.10 Å². The molecule has 0 aliphatic heterocycles. The molecule has 4 rings (SSSR count). The highest BCUT2D eigenvalue weighted by molar-refractivity contribution is 7.92. The number of aromatic amines is 1. The predicted octanol–water partition coefficient (Wildman–Crippen LogP) is 4.10. The van der Waals surface area contributed by atoms with Crippen molar-refractivity contribution in [1.82, 2.24) is 15.2 Å². The maximum absolute atomic E-state index is 14.9. The third kappa shape index (κ3) is 4.21. The van der Waals surface area contributed by atoms with E-state index in [0.29, 0.717) is 22.5 Å². The van der Waals surface area contributed by atoms with Gasteiger partial charge in [0.05, 0.1) is 28.6 Å². The van der Waals surface area contributed by atoms with Crippen LogP contribution in [0.25, 0.3) is 11.0 Å². The molecule has 2 aromatic heterocycles. The van der Waals surface area contributed by atoms with Gasteiger partial charge < -0.3 is 4.74 Å². The SMILES string of the molecule is COc1n[nH]c2ncc(C#Cc3c(F)ccc(NS(=O)(=O)c4cccc(Cl)c4)c3F)cc12. The van der Waals surface area contributed by atoms with Gasteiger partial charge in [-0.1, -0.05) is 29.5 Å². The number of benzene rings is 2. The summed E-state index contributed by atoms with van der Waals surface area (Å²) >= 11 is 5.83. The average molecular weight is 475 g/mol. The molecule has 0 radical (unpaired) electrons. The normalized spacial score (nSPS) is 11.1. The van der Waals surface area contributed by atoms with Crippen molar-refractivity contribution in [3.63, 3.8) is 0 Å². The Bertz CT molecular complexity index is 1510. The van der Waals surface area contributed by atoms with E-state index in [1.165, 1.54) is 37.6 Å². The van der Waals surface area contributed by atoms with Crippen molar-refractivity contribution in [2.45, 2.75) is 4.90 Å². The van der Waals surface area contributed by atoms with Gasteiger partial charge in [0.15, 0.2) is 11.5 Å². The number of ether oxygens (including phenoxy) is 1. The second-order valence-electron chi connectivity index (χ2n) is 6.45. The second kappa shape index (κ2) is 8.45. The summed E-state index contributed by atoms with van der Waals surface area (Å²) < 4.78 is 61.5. The van der Waals surface area contributed by atoms with Crippen LogP contribution in [-0.2, 0) is 10.0 Å². The lowest BCUT2D eigenvalue weighted by molar-refractivity contribution is 0.401. The van der Waals surface area contributed by atoms with Crippen LogP contribution in [-0.4, -0.2) is 30.7 Å².